The number of carboxylic acids is 1. The van der Waals surface area contributed by atoms with Crippen LogP contribution in [0.4, 0.5) is 0 Å². The van der Waals surface area contributed by atoms with Gasteiger partial charge in [-0.2, -0.15) is 0 Å². The van der Waals surface area contributed by atoms with E-state index in [1.54, 1.807) is 0 Å². The topological polar surface area (TPSA) is 55.1 Å². The number of para-hydroxylation sites is 2. The van der Waals surface area contributed by atoms with E-state index in [4.69, 9.17) is 4.98 Å². The Kier molecular flexibility index (Phi) is 5.22. The van der Waals surface area contributed by atoms with Crippen LogP contribution in [0.5, 0.6) is 0 Å². The minimum absolute atomic E-state index is 0.0218. The summed E-state index contributed by atoms with van der Waals surface area (Å²) >= 11 is 0. The van der Waals surface area contributed by atoms with Crippen molar-refractivity contribution in [3.8, 4) is 0 Å². The van der Waals surface area contributed by atoms with Crippen molar-refractivity contribution in [1.82, 2.24) is 9.55 Å². The summed E-state index contributed by atoms with van der Waals surface area (Å²) in [6.07, 6.45) is 8.66. The predicted octanol–water partition coefficient (Wildman–Crippen LogP) is 4.83. The second kappa shape index (κ2) is 7.37. The lowest BCUT2D eigenvalue weighted by Gasteiger charge is -2.24. The van der Waals surface area contributed by atoms with Crippen LogP contribution in [0.3, 0.4) is 0 Å². The number of imidazole rings is 1. The Bertz CT molecular complexity index is 699. The number of rotatable bonds is 6. The summed E-state index contributed by atoms with van der Waals surface area (Å²) in [4.78, 5) is 16.7. The average molecular weight is 328 g/mol. The highest BCUT2D eigenvalue weighted by Crippen LogP contribution is 2.30. The molecule has 4 nitrogen and oxygen atoms in total. The van der Waals surface area contributed by atoms with Crippen LogP contribution in [-0.4, -0.2) is 20.6 Å². The van der Waals surface area contributed by atoms with E-state index in [1.165, 1.54) is 32.1 Å². The van der Waals surface area contributed by atoms with E-state index in [1.807, 2.05) is 42.7 Å². The molecular weight excluding hydrogens is 300 g/mol. The van der Waals surface area contributed by atoms with Gasteiger partial charge in [0.1, 0.15) is 11.9 Å². The van der Waals surface area contributed by atoms with Crippen LogP contribution in [0.15, 0.2) is 24.3 Å². The molecule has 1 aromatic carbocycles. The summed E-state index contributed by atoms with van der Waals surface area (Å²) in [5.74, 6) is 0.956. The average Bonchev–Trinajstić information content (AvgIpc) is 2.92. The zero-order valence-electron chi connectivity index (χ0n) is 14.7. The van der Waals surface area contributed by atoms with Crippen LogP contribution >= 0.6 is 0 Å². The fourth-order valence-electron chi connectivity index (χ4n) is 4.08. The van der Waals surface area contributed by atoms with Gasteiger partial charge in [0, 0.05) is 6.42 Å². The molecule has 3 rings (SSSR count). The van der Waals surface area contributed by atoms with Crippen LogP contribution < -0.4 is 0 Å². The van der Waals surface area contributed by atoms with E-state index in [0.29, 0.717) is 0 Å². The van der Waals surface area contributed by atoms with Gasteiger partial charge in [0.2, 0.25) is 0 Å². The molecule has 0 radical (unpaired) electrons. The molecule has 1 aromatic heterocycles. The first kappa shape index (κ1) is 17.0. The normalized spacial score (nSPS) is 17.5. The third kappa shape index (κ3) is 3.47. The number of carboxylic acid groups (broad SMARTS) is 1. The van der Waals surface area contributed by atoms with Crippen molar-refractivity contribution in [1.29, 1.82) is 0 Å². The fraction of sp³-hybridized carbons (Fsp3) is 0.600. The molecule has 0 bridgehead atoms. The van der Waals surface area contributed by atoms with Crippen LogP contribution in [0.25, 0.3) is 11.0 Å². The number of hydrogen-bond donors (Lipinski definition) is 1. The van der Waals surface area contributed by atoms with Crippen molar-refractivity contribution >= 4 is 17.0 Å². The van der Waals surface area contributed by atoms with Gasteiger partial charge in [-0.15, -0.1) is 0 Å². The minimum Gasteiger partial charge on any atom is -0.480 e. The van der Waals surface area contributed by atoms with Gasteiger partial charge in [0.25, 0.3) is 0 Å². The van der Waals surface area contributed by atoms with Crippen molar-refractivity contribution < 1.29 is 9.90 Å². The largest absolute Gasteiger partial charge is 0.480 e. The zero-order chi connectivity index (χ0) is 17.1. The van der Waals surface area contributed by atoms with Gasteiger partial charge in [0.15, 0.2) is 0 Å². The van der Waals surface area contributed by atoms with E-state index < -0.39 is 12.0 Å². The van der Waals surface area contributed by atoms with Crippen molar-refractivity contribution in [2.24, 2.45) is 11.8 Å². The van der Waals surface area contributed by atoms with Crippen LogP contribution in [0.2, 0.25) is 0 Å². The minimum atomic E-state index is -0.771. The zero-order valence-corrected chi connectivity index (χ0v) is 14.7. The number of benzene rings is 1. The molecule has 24 heavy (non-hydrogen) atoms. The first-order valence-corrected chi connectivity index (χ1v) is 9.26. The molecule has 1 saturated carbocycles. The van der Waals surface area contributed by atoms with E-state index >= 15 is 0 Å². The maximum Gasteiger partial charge on any atom is 0.327 e. The molecule has 2 aromatic rings. The maximum atomic E-state index is 11.9. The highest BCUT2D eigenvalue weighted by molar-refractivity contribution is 5.80. The number of aryl methyl sites for hydroxylation is 1. The molecule has 4 heteroatoms. The smallest absolute Gasteiger partial charge is 0.327 e. The molecule has 0 spiro atoms. The van der Waals surface area contributed by atoms with Crippen molar-refractivity contribution in [2.45, 2.75) is 64.8 Å². The van der Waals surface area contributed by atoms with Gasteiger partial charge in [-0.1, -0.05) is 58.1 Å². The van der Waals surface area contributed by atoms with Crippen LogP contribution in [-0.2, 0) is 11.2 Å². The van der Waals surface area contributed by atoms with E-state index in [9.17, 15) is 9.90 Å². The lowest BCUT2D eigenvalue weighted by molar-refractivity contribution is -0.142. The molecular formula is C20H28N2O2. The SMILES string of the molecule is CC(C)C(C(=O)O)n1c(CCC2CCCCC2)nc2ccccc21. The number of fused-ring (bicyclic) bond motifs is 1. The first-order chi connectivity index (χ1) is 11.6. The van der Waals surface area contributed by atoms with E-state index in [-0.39, 0.29) is 5.92 Å². The number of carbonyl (C=O) groups is 1. The molecule has 1 aliphatic rings. The molecule has 1 heterocycles. The Morgan fingerprint density at radius 2 is 1.96 bits per heavy atom. The molecule has 0 amide bonds. The Morgan fingerprint density at radius 1 is 1.25 bits per heavy atom. The van der Waals surface area contributed by atoms with Gasteiger partial charge in [-0.3, -0.25) is 0 Å². The van der Waals surface area contributed by atoms with Crippen molar-refractivity contribution in [3.63, 3.8) is 0 Å². The second-order valence-electron chi connectivity index (χ2n) is 7.46. The Labute approximate surface area is 143 Å². The Hall–Kier alpha value is -1.84. The highest BCUT2D eigenvalue weighted by Gasteiger charge is 2.28. The third-order valence-electron chi connectivity index (χ3n) is 5.33. The summed E-state index contributed by atoms with van der Waals surface area (Å²) in [6, 6.07) is 7.35. The van der Waals surface area contributed by atoms with Gasteiger partial charge in [0.05, 0.1) is 11.0 Å². The quantitative estimate of drug-likeness (QED) is 0.826. The molecule has 1 N–H and O–H groups in total. The first-order valence-electron chi connectivity index (χ1n) is 9.26. The number of aromatic nitrogens is 2. The van der Waals surface area contributed by atoms with Gasteiger partial charge in [-0.25, -0.2) is 9.78 Å². The lowest BCUT2D eigenvalue weighted by Crippen LogP contribution is -2.26. The second-order valence-corrected chi connectivity index (χ2v) is 7.46. The molecule has 130 valence electrons. The summed E-state index contributed by atoms with van der Waals surface area (Å²) in [5, 5.41) is 9.77. The van der Waals surface area contributed by atoms with Crippen molar-refractivity contribution in [2.75, 3.05) is 0 Å². The summed E-state index contributed by atoms with van der Waals surface area (Å²) < 4.78 is 1.98. The molecule has 1 unspecified atom stereocenters. The number of hydrogen-bond acceptors (Lipinski definition) is 2. The standard InChI is InChI=1S/C20H28N2O2/c1-14(2)19(20(23)24)22-17-11-7-6-10-16(17)21-18(22)13-12-15-8-4-3-5-9-15/h6-7,10-11,14-15,19H,3-5,8-9,12-13H2,1-2H3,(H,23,24). The molecule has 1 fully saturated rings. The lowest BCUT2D eigenvalue weighted by atomic mass is 9.86. The van der Waals surface area contributed by atoms with Crippen molar-refractivity contribution in [3.05, 3.63) is 30.1 Å². The summed E-state index contributed by atoms with van der Waals surface area (Å²) in [7, 11) is 0. The maximum absolute atomic E-state index is 11.9. The third-order valence-corrected chi connectivity index (χ3v) is 5.33. The van der Waals surface area contributed by atoms with E-state index in [2.05, 4.69) is 0 Å². The van der Waals surface area contributed by atoms with Crippen LogP contribution in [0, 0.1) is 11.8 Å². The monoisotopic (exact) mass is 328 g/mol. The highest BCUT2D eigenvalue weighted by atomic mass is 16.4. The van der Waals surface area contributed by atoms with Crippen LogP contribution in [0.1, 0.15) is 64.2 Å². The molecule has 0 aliphatic heterocycles. The van der Waals surface area contributed by atoms with Gasteiger partial charge < -0.3 is 9.67 Å². The Morgan fingerprint density at radius 3 is 2.62 bits per heavy atom. The predicted molar refractivity (Wildman–Crippen MR) is 96.1 cm³/mol. The fourth-order valence-corrected chi connectivity index (χ4v) is 4.08. The molecule has 0 saturated heterocycles. The summed E-state index contributed by atoms with van der Waals surface area (Å²) in [5.41, 5.74) is 1.85. The number of aliphatic carboxylic acids is 1. The van der Waals surface area contributed by atoms with Gasteiger partial charge in [-0.05, 0) is 30.4 Å². The van der Waals surface area contributed by atoms with Gasteiger partial charge >= 0.3 is 5.97 Å². The number of nitrogens with zero attached hydrogens (tertiary/aromatic N) is 2. The summed E-state index contributed by atoms with van der Waals surface area (Å²) in [6.45, 7) is 3.94. The van der Waals surface area contributed by atoms with E-state index in [0.717, 1.165) is 35.6 Å². The molecule has 1 atom stereocenters. The Balaban J connectivity index is 1.93. The molecule has 1 aliphatic carbocycles.